The van der Waals surface area contributed by atoms with Crippen LogP contribution in [-0.4, -0.2) is 67.9 Å². The molecule has 0 saturated carbocycles. The number of carboxylic acids is 1. The summed E-state index contributed by atoms with van der Waals surface area (Å²) in [6.45, 7) is 3.58. The van der Waals surface area contributed by atoms with Crippen LogP contribution in [0.5, 0.6) is 0 Å². The SMILES string of the molecule is CCC(C)C(NC(=O)C(Cc1ccccc1)NC(=O)C(Cc1c[nH]c2ccccc12)NC(=O)C(N)Cc1cnc[nH]1)C(=O)O. The predicted molar refractivity (Wildman–Crippen MR) is 165 cm³/mol. The number of carbonyl (C=O) groups is 4. The topological polar surface area (TPSA) is 195 Å². The lowest BCUT2D eigenvalue weighted by Crippen LogP contribution is -2.58. The number of hydrogen-bond donors (Lipinski definition) is 7. The number of para-hydroxylation sites is 1. The van der Waals surface area contributed by atoms with E-state index in [1.165, 1.54) is 6.33 Å². The highest BCUT2D eigenvalue weighted by molar-refractivity contribution is 5.95. The number of fused-ring (bicyclic) bond motifs is 1. The first-order valence-electron chi connectivity index (χ1n) is 14.6. The summed E-state index contributed by atoms with van der Waals surface area (Å²) in [6, 6.07) is 12.4. The average molecular weight is 602 g/mol. The van der Waals surface area contributed by atoms with Crippen molar-refractivity contribution < 1.29 is 24.3 Å². The first-order chi connectivity index (χ1) is 21.2. The lowest BCUT2D eigenvalue weighted by atomic mass is 9.97. The van der Waals surface area contributed by atoms with Crippen LogP contribution in [0.3, 0.4) is 0 Å². The van der Waals surface area contributed by atoms with Crippen LogP contribution in [0.25, 0.3) is 10.9 Å². The number of H-pyrrole nitrogens is 2. The third-order valence-corrected chi connectivity index (χ3v) is 7.76. The highest BCUT2D eigenvalue weighted by atomic mass is 16.4. The average Bonchev–Trinajstić information content (AvgIpc) is 3.69. The normalized spacial score (nSPS) is 14.6. The van der Waals surface area contributed by atoms with Crippen LogP contribution >= 0.6 is 0 Å². The Hall–Kier alpha value is -4.97. The fourth-order valence-electron chi connectivity index (χ4n) is 5.00. The zero-order valence-electron chi connectivity index (χ0n) is 24.7. The quantitative estimate of drug-likeness (QED) is 0.108. The van der Waals surface area contributed by atoms with Gasteiger partial charge in [-0.3, -0.25) is 14.4 Å². The van der Waals surface area contributed by atoms with Gasteiger partial charge in [0.05, 0.1) is 12.4 Å². The molecule has 0 spiro atoms. The second-order valence-corrected chi connectivity index (χ2v) is 11.0. The molecular weight excluding hydrogens is 562 g/mol. The van der Waals surface area contributed by atoms with Crippen molar-refractivity contribution in [3.8, 4) is 0 Å². The van der Waals surface area contributed by atoms with Gasteiger partial charge >= 0.3 is 5.97 Å². The zero-order valence-corrected chi connectivity index (χ0v) is 24.7. The maximum atomic E-state index is 13.9. The first kappa shape index (κ1) is 32.0. The summed E-state index contributed by atoms with van der Waals surface area (Å²) in [7, 11) is 0. The Morgan fingerprint density at radius 3 is 2.20 bits per heavy atom. The van der Waals surface area contributed by atoms with Gasteiger partial charge in [-0.1, -0.05) is 68.8 Å². The van der Waals surface area contributed by atoms with E-state index in [1.807, 2.05) is 61.5 Å². The van der Waals surface area contributed by atoms with E-state index in [-0.39, 0.29) is 25.2 Å². The van der Waals surface area contributed by atoms with Gasteiger partial charge < -0.3 is 36.8 Å². The Balaban J connectivity index is 1.59. The van der Waals surface area contributed by atoms with Crippen LogP contribution in [0.15, 0.2) is 73.3 Å². The van der Waals surface area contributed by atoms with E-state index in [4.69, 9.17) is 5.73 Å². The highest BCUT2D eigenvalue weighted by Gasteiger charge is 2.32. The molecule has 5 atom stereocenters. The monoisotopic (exact) mass is 601 g/mol. The molecule has 0 aliphatic carbocycles. The van der Waals surface area contributed by atoms with Gasteiger partial charge in [0.15, 0.2) is 0 Å². The third-order valence-electron chi connectivity index (χ3n) is 7.76. The van der Waals surface area contributed by atoms with Crippen molar-refractivity contribution in [2.24, 2.45) is 11.7 Å². The second-order valence-electron chi connectivity index (χ2n) is 11.0. The van der Waals surface area contributed by atoms with Gasteiger partial charge in [0.2, 0.25) is 17.7 Å². The fourth-order valence-corrected chi connectivity index (χ4v) is 5.00. The van der Waals surface area contributed by atoms with E-state index in [2.05, 4.69) is 30.9 Å². The molecule has 0 saturated heterocycles. The molecule has 232 valence electrons. The molecule has 0 aliphatic rings. The van der Waals surface area contributed by atoms with E-state index in [0.717, 1.165) is 22.0 Å². The Morgan fingerprint density at radius 1 is 0.864 bits per heavy atom. The number of aromatic amines is 2. The molecule has 8 N–H and O–H groups in total. The van der Waals surface area contributed by atoms with Crippen LogP contribution in [0, 0.1) is 5.92 Å². The molecular formula is C32H39N7O5. The van der Waals surface area contributed by atoms with Crippen LogP contribution < -0.4 is 21.7 Å². The number of nitrogens with one attached hydrogen (secondary N) is 5. The third kappa shape index (κ3) is 8.32. The van der Waals surface area contributed by atoms with E-state index < -0.39 is 47.9 Å². The van der Waals surface area contributed by atoms with Crippen LogP contribution in [0.1, 0.15) is 37.1 Å². The number of hydrogen-bond acceptors (Lipinski definition) is 6. The van der Waals surface area contributed by atoms with Gasteiger partial charge in [-0.2, -0.15) is 0 Å². The minimum absolute atomic E-state index is 0.109. The van der Waals surface area contributed by atoms with Crippen molar-refractivity contribution in [3.05, 3.63) is 90.1 Å². The van der Waals surface area contributed by atoms with Crippen LogP contribution in [0.4, 0.5) is 0 Å². The smallest absolute Gasteiger partial charge is 0.326 e. The maximum Gasteiger partial charge on any atom is 0.326 e. The van der Waals surface area contributed by atoms with Crippen molar-refractivity contribution in [2.45, 2.75) is 63.7 Å². The summed E-state index contributed by atoms with van der Waals surface area (Å²) in [5.74, 6) is -3.29. The lowest BCUT2D eigenvalue weighted by Gasteiger charge is -2.26. The first-order valence-corrected chi connectivity index (χ1v) is 14.6. The fraction of sp³-hybridized carbons (Fsp3) is 0.344. The predicted octanol–water partition coefficient (Wildman–Crippen LogP) is 1.83. The Labute approximate surface area is 255 Å². The maximum absolute atomic E-state index is 13.9. The summed E-state index contributed by atoms with van der Waals surface area (Å²) >= 11 is 0. The number of amides is 3. The standard InChI is InChI=1S/C32H39N7O5/c1-3-19(2)28(32(43)44)39-31(42)26(13-20-9-5-4-6-10-20)38-30(41)27(14-21-16-35-25-12-8-7-11-23(21)25)37-29(40)24(33)15-22-17-34-18-36-22/h4-12,16-19,24,26-28,35H,3,13-15,33H2,1-2H3,(H,34,36)(H,37,40)(H,38,41)(H,39,42)(H,43,44). The molecule has 0 aliphatic heterocycles. The molecule has 3 amide bonds. The Bertz CT molecular complexity index is 1550. The number of carboxylic acid groups (broad SMARTS) is 1. The second kappa shape index (κ2) is 15.0. The summed E-state index contributed by atoms with van der Waals surface area (Å²) in [6.07, 6.45) is 5.77. The Morgan fingerprint density at radius 2 is 1.52 bits per heavy atom. The molecule has 0 fully saturated rings. The van der Waals surface area contributed by atoms with Crippen LogP contribution in [-0.2, 0) is 38.4 Å². The van der Waals surface area contributed by atoms with Gasteiger partial charge in [0, 0.05) is 48.3 Å². The summed E-state index contributed by atoms with van der Waals surface area (Å²) < 4.78 is 0. The largest absolute Gasteiger partial charge is 0.480 e. The minimum Gasteiger partial charge on any atom is -0.480 e. The van der Waals surface area contributed by atoms with E-state index in [1.54, 1.807) is 19.3 Å². The molecule has 2 aromatic carbocycles. The summed E-state index contributed by atoms with van der Waals surface area (Å²) in [4.78, 5) is 62.6. The van der Waals surface area contributed by atoms with Crippen LogP contribution in [0.2, 0.25) is 0 Å². The highest BCUT2D eigenvalue weighted by Crippen LogP contribution is 2.19. The van der Waals surface area contributed by atoms with Crippen molar-refractivity contribution in [1.82, 2.24) is 30.9 Å². The summed E-state index contributed by atoms with van der Waals surface area (Å²) in [5, 5.41) is 18.8. The Kier molecular flexibility index (Phi) is 10.9. The van der Waals surface area contributed by atoms with Crippen molar-refractivity contribution in [3.63, 3.8) is 0 Å². The molecule has 5 unspecified atom stereocenters. The molecule has 12 heteroatoms. The number of benzene rings is 2. The number of imidazole rings is 1. The van der Waals surface area contributed by atoms with Crippen molar-refractivity contribution >= 4 is 34.6 Å². The van der Waals surface area contributed by atoms with Crippen molar-refractivity contribution in [1.29, 1.82) is 0 Å². The minimum atomic E-state index is -1.16. The van der Waals surface area contributed by atoms with E-state index in [9.17, 15) is 24.3 Å². The molecule has 12 nitrogen and oxygen atoms in total. The number of carbonyl (C=O) groups excluding carboxylic acids is 3. The number of nitrogens with zero attached hydrogens (tertiary/aromatic N) is 1. The molecule has 2 heterocycles. The number of aliphatic carboxylic acids is 1. The molecule has 0 radical (unpaired) electrons. The zero-order chi connectivity index (χ0) is 31.6. The van der Waals surface area contributed by atoms with E-state index in [0.29, 0.717) is 12.1 Å². The lowest BCUT2D eigenvalue weighted by molar-refractivity contribution is -0.143. The number of nitrogens with two attached hydrogens (primary N) is 1. The van der Waals surface area contributed by atoms with Crippen molar-refractivity contribution in [2.75, 3.05) is 0 Å². The van der Waals surface area contributed by atoms with Gasteiger partial charge in [-0.25, -0.2) is 9.78 Å². The molecule has 2 aromatic heterocycles. The molecule has 44 heavy (non-hydrogen) atoms. The molecule has 4 rings (SSSR count). The van der Waals surface area contributed by atoms with Gasteiger partial charge in [0.1, 0.15) is 18.1 Å². The molecule has 4 aromatic rings. The van der Waals surface area contributed by atoms with Gasteiger partial charge in [-0.15, -0.1) is 0 Å². The number of rotatable bonds is 15. The number of aromatic nitrogens is 3. The molecule has 0 bridgehead atoms. The summed E-state index contributed by atoms with van der Waals surface area (Å²) in [5.41, 5.74) is 9.27. The van der Waals surface area contributed by atoms with Gasteiger partial charge in [-0.05, 0) is 23.1 Å². The van der Waals surface area contributed by atoms with Gasteiger partial charge in [0.25, 0.3) is 0 Å². The van der Waals surface area contributed by atoms with E-state index >= 15 is 0 Å².